The average molecular weight is 344 g/mol. The zero-order chi connectivity index (χ0) is 17.6. The van der Waals surface area contributed by atoms with E-state index in [9.17, 15) is 27.2 Å². The van der Waals surface area contributed by atoms with Crippen molar-refractivity contribution in [2.24, 2.45) is 0 Å². The molecule has 1 aromatic rings. The van der Waals surface area contributed by atoms with E-state index in [0.717, 1.165) is 18.6 Å². The molecule has 4 nitrogen and oxygen atoms in total. The van der Waals surface area contributed by atoms with Crippen molar-refractivity contribution in [1.82, 2.24) is 9.80 Å². The van der Waals surface area contributed by atoms with Crippen LogP contribution in [-0.2, 0) is 22.3 Å². The van der Waals surface area contributed by atoms with E-state index in [1.807, 2.05) is 0 Å². The van der Waals surface area contributed by atoms with Crippen LogP contribution in [0.25, 0.3) is 0 Å². The molecule has 2 atom stereocenters. The molecule has 2 amide bonds. The summed E-state index contributed by atoms with van der Waals surface area (Å²) in [7, 11) is 0. The first-order chi connectivity index (χ1) is 11.2. The SMILES string of the molecule is C[C@H]1C(=O)N2CCC[C@@H]2C(=O)N1Cc1ccc(C(F)(F)F)cc1F. The van der Waals surface area contributed by atoms with Gasteiger partial charge in [0.1, 0.15) is 17.9 Å². The lowest BCUT2D eigenvalue weighted by molar-refractivity contribution is -0.159. The molecule has 130 valence electrons. The maximum Gasteiger partial charge on any atom is 0.416 e. The molecule has 0 aliphatic carbocycles. The molecule has 0 saturated carbocycles. The standard InChI is InChI=1S/C16H16F4N2O2/c1-9-14(23)21-6-2-3-13(21)15(24)22(9)8-10-4-5-11(7-12(10)17)16(18,19)20/h4-5,7,9,13H,2-3,6,8H2,1H3/t9-,13+/m0/s1. The zero-order valence-electron chi connectivity index (χ0n) is 12.9. The smallest absolute Gasteiger partial charge is 0.329 e. The van der Waals surface area contributed by atoms with Gasteiger partial charge in [-0.05, 0) is 31.9 Å². The second-order valence-corrected chi connectivity index (χ2v) is 6.14. The van der Waals surface area contributed by atoms with E-state index in [1.54, 1.807) is 6.92 Å². The Morgan fingerprint density at radius 1 is 1.21 bits per heavy atom. The van der Waals surface area contributed by atoms with Gasteiger partial charge in [0.25, 0.3) is 0 Å². The first-order valence-electron chi connectivity index (χ1n) is 7.66. The summed E-state index contributed by atoms with van der Waals surface area (Å²) in [5, 5.41) is 0. The Morgan fingerprint density at radius 2 is 1.92 bits per heavy atom. The number of benzene rings is 1. The van der Waals surface area contributed by atoms with Crippen LogP contribution in [0.1, 0.15) is 30.9 Å². The quantitative estimate of drug-likeness (QED) is 0.774. The van der Waals surface area contributed by atoms with E-state index in [4.69, 9.17) is 0 Å². The molecule has 2 aliphatic heterocycles. The van der Waals surface area contributed by atoms with Crippen molar-refractivity contribution in [1.29, 1.82) is 0 Å². The van der Waals surface area contributed by atoms with Gasteiger partial charge in [-0.15, -0.1) is 0 Å². The number of hydrogen-bond donors (Lipinski definition) is 0. The van der Waals surface area contributed by atoms with Crippen LogP contribution in [0, 0.1) is 5.82 Å². The van der Waals surface area contributed by atoms with Crippen LogP contribution in [0.15, 0.2) is 18.2 Å². The van der Waals surface area contributed by atoms with Crippen molar-refractivity contribution < 1.29 is 27.2 Å². The zero-order valence-corrected chi connectivity index (χ0v) is 12.9. The predicted molar refractivity (Wildman–Crippen MR) is 76.1 cm³/mol. The van der Waals surface area contributed by atoms with Gasteiger partial charge in [-0.25, -0.2) is 4.39 Å². The van der Waals surface area contributed by atoms with Crippen molar-refractivity contribution in [2.75, 3.05) is 6.54 Å². The second-order valence-electron chi connectivity index (χ2n) is 6.14. The Morgan fingerprint density at radius 3 is 2.54 bits per heavy atom. The van der Waals surface area contributed by atoms with Gasteiger partial charge in [-0.1, -0.05) is 6.07 Å². The first-order valence-corrected chi connectivity index (χ1v) is 7.66. The third-order valence-electron chi connectivity index (χ3n) is 4.65. The van der Waals surface area contributed by atoms with E-state index in [1.165, 1.54) is 9.80 Å². The average Bonchev–Trinajstić information content (AvgIpc) is 2.99. The summed E-state index contributed by atoms with van der Waals surface area (Å²) < 4.78 is 51.8. The minimum Gasteiger partial charge on any atom is -0.329 e. The topological polar surface area (TPSA) is 40.6 Å². The number of hydrogen-bond acceptors (Lipinski definition) is 2. The predicted octanol–water partition coefficient (Wildman–Crippen LogP) is 2.57. The minimum absolute atomic E-state index is 0.0394. The van der Waals surface area contributed by atoms with Crippen LogP contribution in [0.3, 0.4) is 0 Å². The highest BCUT2D eigenvalue weighted by atomic mass is 19.4. The summed E-state index contributed by atoms with van der Waals surface area (Å²) in [5.74, 6) is -1.52. The number of piperazine rings is 1. The van der Waals surface area contributed by atoms with Crippen LogP contribution in [0.5, 0.6) is 0 Å². The summed E-state index contributed by atoms with van der Waals surface area (Å²) in [6.45, 7) is 1.86. The van der Waals surface area contributed by atoms with E-state index < -0.39 is 29.6 Å². The highest BCUT2D eigenvalue weighted by molar-refractivity contribution is 5.97. The Bertz CT molecular complexity index is 689. The molecule has 2 heterocycles. The monoisotopic (exact) mass is 344 g/mol. The molecule has 0 bridgehead atoms. The van der Waals surface area contributed by atoms with Crippen molar-refractivity contribution in [3.63, 3.8) is 0 Å². The van der Waals surface area contributed by atoms with Crippen LogP contribution in [0.2, 0.25) is 0 Å². The number of halogens is 4. The van der Waals surface area contributed by atoms with Gasteiger partial charge in [0, 0.05) is 18.7 Å². The fourth-order valence-corrected chi connectivity index (χ4v) is 3.29. The first kappa shape index (κ1) is 16.7. The van der Waals surface area contributed by atoms with Crippen molar-refractivity contribution in [3.05, 3.63) is 35.1 Å². The molecule has 24 heavy (non-hydrogen) atoms. The molecule has 0 unspecified atom stereocenters. The molecule has 1 aromatic carbocycles. The molecule has 2 aliphatic rings. The third-order valence-corrected chi connectivity index (χ3v) is 4.65. The van der Waals surface area contributed by atoms with Gasteiger partial charge in [0.15, 0.2) is 0 Å². The molecular formula is C16H16F4N2O2. The fraction of sp³-hybridized carbons (Fsp3) is 0.500. The maximum atomic E-state index is 14.0. The fourth-order valence-electron chi connectivity index (χ4n) is 3.29. The highest BCUT2D eigenvalue weighted by Crippen LogP contribution is 2.32. The van der Waals surface area contributed by atoms with Gasteiger partial charge >= 0.3 is 6.18 Å². The van der Waals surface area contributed by atoms with Crippen molar-refractivity contribution in [2.45, 2.75) is 44.6 Å². The lowest BCUT2D eigenvalue weighted by Crippen LogP contribution is -2.61. The number of amides is 2. The summed E-state index contributed by atoms with van der Waals surface area (Å²) in [4.78, 5) is 27.6. The molecule has 0 aromatic heterocycles. The molecule has 0 spiro atoms. The summed E-state index contributed by atoms with van der Waals surface area (Å²) in [5.41, 5.74) is -1.12. The molecule has 0 radical (unpaired) electrons. The Balaban J connectivity index is 1.85. The van der Waals surface area contributed by atoms with Gasteiger partial charge in [-0.3, -0.25) is 9.59 Å². The molecule has 0 N–H and O–H groups in total. The van der Waals surface area contributed by atoms with Crippen LogP contribution in [0.4, 0.5) is 17.6 Å². The summed E-state index contributed by atoms with van der Waals surface area (Å²) >= 11 is 0. The molecular weight excluding hydrogens is 328 g/mol. The van der Waals surface area contributed by atoms with E-state index >= 15 is 0 Å². The number of fused-ring (bicyclic) bond motifs is 1. The molecule has 2 saturated heterocycles. The third kappa shape index (κ3) is 2.74. The lowest BCUT2D eigenvalue weighted by Gasteiger charge is -2.41. The van der Waals surface area contributed by atoms with Crippen molar-refractivity contribution >= 4 is 11.8 Å². The minimum atomic E-state index is -4.63. The highest BCUT2D eigenvalue weighted by Gasteiger charge is 2.46. The normalized spacial score (nSPS) is 24.5. The van der Waals surface area contributed by atoms with Crippen LogP contribution >= 0.6 is 0 Å². The number of nitrogens with zero attached hydrogens (tertiary/aromatic N) is 2. The van der Waals surface area contributed by atoms with Gasteiger partial charge in [-0.2, -0.15) is 13.2 Å². The van der Waals surface area contributed by atoms with Crippen LogP contribution < -0.4 is 0 Å². The van der Waals surface area contributed by atoms with Gasteiger partial charge < -0.3 is 9.80 Å². The Labute approximate surface area is 136 Å². The Hall–Kier alpha value is -2.12. The number of alkyl halides is 3. The van der Waals surface area contributed by atoms with E-state index in [0.29, 0.717) is 19.0 Å². The number of rotatable bonds is 2. The maximum absolute atomic E-state index is 14.0. The molecule has 8 heteroatoms. The molecule has 2 fully saturated rings. The number of carbonyl (C=O) groups excluding carboxylic acids is 2. The van der Waals surface area contributed by atoms with Gasteiger partial charge in [0.05, 0.1) is 5.56 Å². The van der Waals surface area contributed by atoms with E-state index in [2.05, 4.69) is 0 Å². The number of carbonyl (C=O) groups is 2. The summed E-state index contributed by atoms with van der Waals surface area (Å²) in [6.07, 6.45) is -3.34. The molecule has 3 rings (SSSR count). The largest absolute Gasteiger partial charge is 0.416 e. The van der Waals surface area contributed by atoms with Crippen LogP contribution in [-0.4, -0.2) is 40.2 Å². The summed E-state index contributed by atoms with van der Waals surface area (Å²) in [6, 6.07) is 0.919. The Kier molecular flexibility index (Phi) is 4.01. The van der Waals surface area contributed by atoms with Crippen molar-refractivity contribution in [3.8, 4) is 0 Å². The second kappa shape index (κ2) is 5.75. The van der Waals surface area contributed by atoms with Gasteiger partial charge in [0.2, 0.25) is 11.8 Å². The van der Waals surface area contributed by atoms with E-state index in [-0.39, 0.29) is 23.9 Å². The lowest BCUT2D eigenvalue weighted by atomic mass is 10.0.